The number of rotatable bonds is 2. The quantitative estimate of drug-likeness (QED) is 0.737. The molecule has 0 aromatic heterocycles. The van der Waals surface area contributed by atoms with Gasteiger partial charge in [0.25, 0.3) is 5.92 Å². The first-order valence-corrected chi connectivity index (χ1v) is 10.1. The van der Waals surface area contributed by atoms with Gasteiger partial charge in [0.05, 0.1) is 17.9 Å². The van der Waals surface area contributed by atoms with E-state index < -0.39 is 35.5 Å². The van der Waals surface area contributed by atoms with Crippen LogP contribution in [0.25, 0.3) is 0 Å². The lowest BCUT2D eigenvalue weighted by atomic mass is 9.75. The molecule has 6 nitrogen and oxygen atoms in total. The number of hydrogen-bond donors (Lipinski definition) is 1. The van der Waals surface area contributed by atoms with Crippen molar-refractivity contribution < 1.29 is 27.9 Å². The van der Waals surface area contributed by atoms with Crippen LogP contribution in [0.3, 0.4) is 0 Å². The minimum atomic E-state index is -3.10. The summed E-state index contributed by atoms with van der Waals surface area (Å²) in [5.41, 5.74) is -0.463. The van der Waals surface area contributed by atoms with Crippen molar-refractivity contribution in [2.75, 3.05) is 13.1 Å². The molecule has 30 heavy (non-hydrogen) atoms. The first-order valence-electron chi connectivity index (χ1n) is 10.1. The smallest absolute Gasteiger partial charge is 0.410 e. The molecule has 2 saturated heterocycles. The zero-order valence-corrected chi connectivity index (χ0v) is 17.8. The Hall–Kier alpha value is -2.51. The second-order valence-electron chi connectivity index (χ2n) is 9.34. The monoisotopic (exact) mass is 422 g/mol. The molecule has 164 valence electrons. The summed E-state index contributed by atoms with van der Waals surface area (Å²) >= 11 is 0. The summed E-state index contributed by atoms with van der Waals surface area (Å²) in [5, 5.41) is 2.34. The number of amides is 3. The summed E-state index contributed by atoms with van der Waals surface area (Å²) in [4.78, 5) is 37.0. The minimum absolute atomic E-state index is 0.109. The van der Waals surface area contributed by atoms with E-state index in [1.165, 1.54) is 0 Å². The van der Waals surface area contributed by atoms with Crippen molar-refractivity contribution in [1.82, 2.24) is 10.2 Å². The first-order chi connectivity index (χ1) is 13.8. The predicted octanol–water partition coefficient (Wildman–Crippen LogP) is 3.74. The molecular formula is C22H28F2N2O4. The fourth-order valence-electron chi connectivity index (χ4n) is 4.00. The maximum absolute atomic E-state index is 14.9. The van der Waals surface area contributed by atoms with E-state index in [9.17, 15) is 23.2 Å². The number of carbonyl (C=O) groups is 3. The predicted molar refractivity (Wildman–Crippen MR) is 106 cm³/mol. The Labute approximate surface area is 174 Å². The third-order valence-electron chi connectivity index (χ3n) is 5.81. The molecule has 0 spiro atoms. The lowest BCUT2D eigenvalue weighted by Crippen LogP contribution is -2.51. The van der Waals surface area contributed by atoms with Crippen molar-refractivity contribution >= 4 is 17.9 Å². The van der Waals surface area contributed by atoms with Crippen LogP contribution in [0.2, 0.25) is 0 Å². The lowest BCUT2D eigenvalue weighted by Gasteiger charge is -2.39. The van der Waals surface area contributed by atoms with Crippen LogP contribution >= 0.6 is 0 Å². The number of likely N-dealkylation sites (tertiary alicyclic amines) is 1. The summed E-state index contributed by atoms with van der Waals surface area (Å²) in [5.74, 6) is -4.80. The number of halogens is 2. The van der Waals surface area contributed by atoms with E-state index in [4.69, 9.17) is 4.74 Å². The Morgan fingerprint density at radius 1 is 1.20 bits per heavy atom. The summed E-state index contributed by atoms with van der Waals surface area (Å²) in [6, 6.07) is 6.60. The Morgan fingerprint density at radius 3 is 2.37 bits per heavy atom. The van der Waals surface area contributed by atoms with Crippen LogP contribution in [0.1, 0.15) is 64.0 Å². The van der Waals surface area contributed by atoms with Crippen molar-refractivity contribution in [3.05, 3.63) is 35.4 Å². The van der Waals surface area contributed by atoms with Crippen LogP contribution in [0.4, 0.5) is 13.6 Å². The van der Waals surface area contributed by atoms with Crippen LogP contribution < -0.4 is 5.32 Å². The van der Waals surface area contributed by atoms with Gasteiger partial charge in [0, 0.05) is 13.0 Å². The van der Waals surface area contributed by atoms with Gasteiger partial charge in [0.1, 0.15) is 5.60 Å². The average Bonchev–Trinajstić information content (AvgIpc) is 2.63. The van der Waals surface area contributed by atoms with Crippen molar-refractivity contribution in [1.29, 1.82) is 0 Å². The van der Waals surface area contributed by atoms with Crippen molar-refractivity contribution in [2.24, 2.45) is 0 Å². The van der Waals surface area contributed by atoms with Gasteiger partial charge in [-0.05, 0) is 51.7 Å². The molecule has 0 radical (unpaired) electrons. The molecule has 1 aromatic rings. The summed E-state index contributed by atoms with van der Waals surface area (Å²) in [7, 11) is 0. The molecule has 8 heteroatoms. The summed E-state index contributed by atoms with van der Waals surface area (Å²) in [6.07, 6.45) is -0.00782. The second kappa shape index (κ2) is 7.63. The number of nitrogens with zero attached hydrogens (tertiary/aromatic N) is 1. The molecule has 2 atom stereocenters. The van der Waals surface area contributed by atoms with E-state index >= 15 is 0 Å². The van der Waals surface area contributed by atoms with E-state index in [1.807, 2.05) is 0 Å². The molecule has 3 rings (SSSR count). The van der Waals surface area contributed by atoms with Gasteiger partial charge in [-0.3, -0.25) is 14.9 Å². The van der Waals surface area contributed by atoms with Gasteiger partial charge in [-0.1, -0.05) is 24.3 Å². The van der Waals surface area contributed by atoms with E-state index in [2.05, 4.69) is 5.32 Å². The van der Waals surface area contributed by atoms with Crippen LogP contribution in [-0.4, -0.2) is 47.4 Å². The highest BCUT2D eigenvalue weighted by atomic mass is 19.3. The number of benzene rings is 1. The largest absolute Gasteiger partial charge is 0.444 e. The van der Waals surface area contributed by atoms with Gasteiger partial charge in [-0.2, -0.15) is 0 Å². The topological polar surface area (TPSA) is 75.7 Å². The van der Waals surface area contributed by atoms with E-state index in [0.29, 0.717) is 17.5 Å². The SMILES string of the molecule is CC(C)(C)OC(=O)N1CCC(c2ccc(C3(C)CCC(=O)NC3=O)cc2)C(F)(F)C1. The number of nitrogens with one attached hydrogen (secondary N) is 1. The van der Waals surface area contributed by atoms with E-state index in [-0.39, 0.29) is 31.2 Å². The Bertz CT molecular complexity index is 848. The molecule has 2 heterocycles. The summed E-state index contributed by atoms with van der Waals surface area (Å²) < 4.78 is 35.0. The third kappa shape index (κ3) is 4.47. The van der Waals surface area contributed by atoms with Crippen LogP contribution in [-0.2, 0) is 19.7 Å². The normalized spacial score (nSPS) is 26.9. The standard InChI is InChI=1S/C22H28F2N2O4/c1-20(2,3)30-19(29)26-12-10-16(22(23,24)13-26)14-5-7-15(8-6-14)21(4)11-9-17(27)25-18(21)28/h5-8,16H,9-13H2,1-4H3,(H,25,27,28). The molecule has 1 N–H and O–H groups in total. The average molecular weight is 422 g/mol. The molecule has 0 bridgehead atoms. The number of ether oxygens (including phenoxy) is 1. The highest BCUT2D eigenvalue weighted by Crippen LogP contribution is 2.41. The van der Waals surface area contributed by atoms with Gasteiger partial charge in [0.15, 0.2) is 0 Å². The van der Waals surface area contributed by atoms with Crippen LogP contribution in [0.5, 0.6) is 0 Å². The van der Waals surface area contributed by atoms with E-state index in [0.717, 1.165) is 4.90 Å². The van der Waals surface area contributed by atoms with Gasteiger partial charge in [0.2, 0.25) is 11.8 Å². The van der Waals surface area contributed by atoms with Crippen molar-refractivity contribution in [3.8, 4) is 0 Å². The Kier molecular flexibility index (Phi) is 5.64. The molecule has 2 fully saturated rings. The van der Waals surface area contributed by atoms with Crippen LogP contribution in [0, 0.1) is 0 Å². The number of imide groups is 1. The highest BCUT2D eigenvalue weighted by molar-refractivity contribution is 6.03. The van der Waals surface area contributed by atoms with Gasteiger partial charge in [-0.15, -0.1) is 0 Å². The first kappa shape index (κ1) is 22.2. The molecule has 2 aliphatic heterocycles. The lowest BCUT2D eigenvalue weighted by molar-refractivity contribution is -0.137. The number of piperidine rings is 2. The fraction of sp³-hybridized carbons (Fsp3) is 0.591. The van der Waals surface area contributed by atoms with Crippen molar-refractivity contribution in [2.45, 2.75) is 69.8 Å². The van der Waals surface area contributed by atoms with Crippen molar-refractivity contribution in [3.63, 3.8) is 0 Å². The third-order valence-corrected chi connectivity index (χ3v) is 5.81. The molecule has 0 saturated carbocycles. The maximum atomic E-state index is 14.9. The Morgan fingerprint density at radius 2 is 1.83 bits per heavy atom. The maximum Gasteiger partial charge on any atom is 0.410 e. The van der Waals surface area contributed by atoms with Gasteiger partial charge in [-0.25, -0.2) is 13.6 Å². The Balaban J connectivity index is 1.73. The minimum Gasteiger partial charge on any atom is -0.444 e. The number of carbonyl (C=O) groups excluding carboxylic acids is 3. The zero-order chi connectivity index (χ0) is 22.3. The zero-order valence-electron chi connectivity index (χ0n) is 17.8. The summed E-state index contributed by atoms with van der Waals surface area (Å²) in [6.45, 7) is 6.31. The van der Waals surface area contributed by atoms with E-state index in [1.54, 1.807) is 52.0 Å². The second-order valence-corrected chi connectivity index (χ2v) is 9.34. The van der Waals surface area contributed by atoms with Gasteiger partial charge >= 0.3 is 6.09 Å². The molecule has 2 aliphatic rings. The molecular weight excluding hydrogens is 394 g/mol. The number of alkyl halides is 2. The molecule has 3 amide bonds. The van der Waals surface area contributed by atoms with Crippen LogP contribution in [0.15, 0.2) is 24.3 Å². The number of hydrogen-bond acceptors (Lipinski definition) is 4. The molecule has 1 aromatic carbocycles. The highest BCUT2D eigenvalue weighted by Gasteiger charge is 2.47. The molecule has 2 unspecified atom stereocenters. The fourth-order valence-corrected chi connectivity index (χ4v) is 4.00. The molecule has 0 aliphatic carbocycles. The van der Waals surface area contributed by atoms with Gasteiger partial charge < -0.3 is 9.64 Å².